The van der Waals surface area contributed by atoms with Crippen LogP contribution in [0.4, 0.5) is 20.2 Å². The number of carbonyl (C=O) groups is 1. The summed E-state index contributed by atoms with van der Waals surface area (Å²) in [4.78, 5) is 14.8. The third-order valence-electron chi connectivity index (χ3n) is 2.83. The lowest BCUT2D eigenvalue weighted by molar-refractivity contribution is -0.127. The normalized spacial score (nSPS) is 10.6. The fraction of sp³-hybridized carbons (Fsp3) is 0.462. The topological polar surface area (TPSA) is 49.6 Å². The Morgan fingerprint density at radius 3 is 2.47 bits per heavy atom. The van der Waals surface area contributed by atoms with Gasteiger partial charge in [0.2, 0.25) is 5.91 Å². The van der Waals surface area contributed by atoms with Crippen LogP contribution in [0.15, 0.2) is 18.2 Å². The van der Waals surface area contributed by atoms with Crippen molar-refractivity contribution < 1.29 is 13.6 Å². The van der Waals surface area contributed by atoms with E-state index in [1.165, 1.54) is 17.0 Å². The molecule has 0 aromatic heterocycles. The summed E-state index contributed by atoms with van der Waals surface area (Å²) >= 11 is 0. The molecule has 1 amide bonds. The summed E-state index contributed by atoms with van der Waals surface area (Å²) in [6.45, 7) is 2.34. The third kappa shape index (κ3) is 3.81. The first-order chi connectivity index (χ1) is 8.86. The zero-order valence-corrected chi connectivity index (χ0v) is 11.4. The Balaban J connectivity index is 3.07. The van der Waals surface area contributed by atoms with Crippen LogP contribution in [0.3, 0.4) is 0 Å². The summed E-state index contributed by atoms with van der Waals surface area (Å²) in [7, 11) is 3.26. The molecule has 0 saturated carbocycles. The number of hydrogen-bond donors (Lipinski definition) is 1. The Morgan fingerprint density at radius 2 is 2.00 bits per heavy atom. The maximum atomic E-state index is 13.0. The smallest absolute Gasteiger partial charge is 0.265 e. The van der Waals surface area contributed by atoms with E-state index in [1.54, 1.807) is 25.1 Å². The first-order valence-electron chi connectivity index (χ1n) is 5.99. The molecule has 0 aliphatic rings. The highest BCUT2D eigenvalue weighted by Crippen LogP contribution is 2.31. The lowest BCUT2D eigenvalue weighted by Crippen LogP contribution is -2.37. The molecule has 0 spiro atoms. The number of halogens is 2. The number of rotatable bonds is 5. The number of nitrogens with zero attached hydrogens (tertiary/aromatic N) is 2. The van der Waals surface area contributed by atoms with Crippen LogP contribution in [0.5, 0.6) is 0 Å². The SMILES string of the molecule is CCN(CC(=O)N(C)C)c1ccc(N)cc1C(F)F. The molecule has 0 atom stereocenters. The van der Waals surface area contributed by atoms with Gasteiger partial charge in [0.15, 0.2) is 0 Å². The zero-order chi connectivity index (χ0) is 14.6. The van der Waals surface area contributed by atoms with E-state index in [1.807, 2.05) is 6.92 Å². The molecule has 0 aliphatic heterocycles. The summed E-state index contributed by atoms with van der Waals surface area (Å²) < 4.78 is 26.0. The molecule has 2 N–H and O–H groups in total. The molecular weight excluding hydrogens is 252 g/mol. The Labute approximate surface area is 111 Å². The molecular formula is C13H19F2N3O. The van der Waals surface area contributed by atoms with Crippen molar-refractivity contribution in [2.24, 2.45) is 0 Å². The molecule has 1 aromatic rings. The summed E-state index contributed by atoms with van der Waals surface area (Å²) in [5.74, 6) is -0.140. The summed E-state index contributed by atoms with van der Waals surface area (Å²) in [6, 6.07) is 4.34. The Kier molecular flexibility index (Phi) is 5.09. The van der Waals surface area contributed by atoms with Crippen LogP contribution in [-0.2, 0) is 4.79 Å². The van der Waals surface area contributed by atoms with Gasteiger partial charge in [0, 0.05) is 37.6 Å². The van der Waals surface area contributed by atoms with Crippen molar-refractivity contribution in [3.63, 3.8) is 0 Å². The second kappa shape index (κ2) is 6.36. The standard InChI is InChI=1S/C13H19F2N3O/c1-4-18(8-12(19)17(2)3)11-6-5-9(16)7-10(11)13(14)15/h5-7,13H,4,8,16H2,1-3H3. The van der Waals surface area contributed by atoms with Gasteiger partial charge >= 0.3 is 0 Å². The number of alkyl halides is 2. The average Bonchev–Trinajstić information content (AvgIpc) is 2.35. The lowest BCUT2D eigenvalue weighted by atomic mass is 10.1. The second-order valence-electron chi connectivity index (χ2n) is 4.42. The van der Waals surface area contributed by atoms with Gasteiger partial charge in [-0.05, 0) is 25.1 Å². The molecule has 6 heteroatoms. The van der Waals surface area contributed by atoms with Crippen molar-refractivity contribution in [3.05, 3.63) is 23.8 Å². The van der Waals surface area contributed by atoms with Gasteiger partial charge in [-0.3, -0.25) is 4.79 Å². The summed E-state index contributed by atoms with van der Waals surface area (Å²) in [5.41, 5.74) is 6.02. The predicted octanol–water partition coefficient (Wildman–Crippen LogP) is 2.12. The van der Waals surface area contributed by atoms with E-state index in [-0.39, 0.29) is 23.7 Å². The van der Waals surface area contributed by atoms with E-state index in [0.717, 1.165) is 0 Å². The first kappa shape index (κ1) is 15.2. The Morgan fingerprint density at radius 1 is 1.37 bits per heavy atom. The molecule has 0 aliphatic carbocycles. The molecule has 0 radical (unpaired) electrons. The van der Waals surface area contributed by atoms with Gasteiger partial charge in [0.05, 0.1) is 6.54 Å². The van der Waals surface area contributed by atoms with E-state index in [9.17, 15) is 13.6 Å². The minimum atomic E-state index is -2.62. The fourth-order valence-corrected chi connectivity index (χ4v) is 1.71. The molecule has 106 valence electrons. The Bertz CT molecular complexity index is 450. The molecule has 19 heavy (non-hydrogen) atoms. The van der Waals surface area contributed by atoms with E-state index < -0.39 is 6.43 Å². The van der Waals surface area contributed by atoms with Crippen molar-refractivity contribution in [3.8, 4) is 0 Å². The molecule has 0 heterocycles. The number of likely N-dealkylation sites (N-methyl/N-ethyl adjacent to an activating group) is 2. The molecule has 0 fully saturated rings. The molecule has 1 aromatic carbocycles. The van der Waals surface area contributed by atoms with Crippen molar-refractivity contribution in [2.75, 3.05) is 37.8 Å². The van der Waals surface area contributed by atoms with Crippen LogP contribution >= 0.6 is 0 Å². The van der Waals surface area contributed by atoms with E-state index in [4.69, 9.17) is 5.73 Å². The largest absolute Gasteiger partial charge is 0.399 e. The maximum Gasteiger partial charge on any atom is 0.265 e. The van der Waals surface area contributed by atoms with E-state index >= 15 is 0 Å². The van der Waals surface area contributed by atoms with Gasteiger partial charge < -0.3 is 15.5 Å². The predicted molar refractivity (Wildman–Crippen MR) is 72.4 cm³/mol. The van der Waals surface area contributed by atoms with E-state index in [2.05, 4.69) is 0 Å². The van der Waals surface area contributed by atoms with Gasteiger partial charge in [0.25, 0.3) is 6.43 Å². The number of nitrogen functional groups attached to an aromatic ring is 1. The first-order valence-corrected chi connectivity index (χ1v) is 5.99. The minimum Gasteiger partial charge on any atom is -0.399 e. The fourth-order valence-electron chi connectivity index (χ4n) is 1.71. The van der Waals surface area contributed by atoms with Gasteiger partial charge in [-0.15, -0.1) is 0 Å². The van der Waals surface area contributed by atoms with Crippen molar-refractivity contribution in [1.82, 2.24) is 4.90 Å². The minimum absolute atomic E-state index is 0.0626. The highest BCUT2D eigenvalue weighted by molar-refractivity contribution is 5.81. The second-order valence-corrected chi connectivity index (χ2v) is 4.42. The van der Waals surface area contributed by atoms with Gasteiger partial charge in [-0.1, -0.05) is 0 Å². The van der Waals surface area contributed by atoms with Crippen LogP contribution in [0.25, 0.3) is 0 Å². The van der Waals surface area contributed by atoms with Crippen LogP contribution in [0, 0.1) is 0 Å². The number of benzene rings is 1. The van der Waals surface area contributed by atoms with Crippen molar-refractivity contribution in [1.29, 1.82) is 0 Å². The molecule has 0 bridgehead atoms. The highest BCUT2D eigenvalue weighted by atomic mass is 19.3. The average molecular weight is 271 g/mol. The van der Waals surface area contributed by atoms with Crippen molar-refractivity contribution >= 4 is 17.3 Å². The number of hydrogen-bond acceptors (Lipinski definition) is 3. The number of carbonyl (C=O) groups excluding carboxylic acids is 1. The third-order valence-corrected chi connectivity index (χ3v) is 2.83. The Hall–Kier alpha value is -1.85. The highest BCUT2D eigenvalue weighted by Gasteiger charge is 2.19. The zero-order valence-electron chi connectivity index (χ0n) is 11.4. The molecule has 0 unspecified atom stereocenters. The number of anilines is 2. The maximum absolute atomic E-state index is 13.0. The van der Waals surface area contributed by atoms with Gasteiger partial charge in [-0.2, -0.15) is 0 Å². The molecule has 0 saturated heterocycles. The van der Waals surface area contributed by atoms with Gasteiger partial charge in [-0.25, -0.2) is 8.78 Å². The van der Waals surface area contributed by atoms with Gasteiger partial charge in [0.1, 0.15) is 0 Å². The quantitative estimate of drug-likeness (QED) is 0.835. The summed E-state index contributed by atoms with van der Waals surface area (Å²) in [5, 5.41) is 0. The monoisotopic (exact) mass is 271 g/mol. The van der Waals surface area contributed by atoms with Crippen LogP contribution in [0.1, 0.15) is 18.9 Å². The van der Waals surface area contributed by atoms with Crippen LogP contribution in [-0.4, -0.2) is 38.0 Å². The number of amides is 1. The summed E-state index contributed by atoms with van der Waals surface area (Å²) in [6.07, 6.45) is -2.62. The van der Waals surface area contributed by atoms with Crippen LogP contribution < -0.4 is 10.6 Å². The molecule has 1 rings (SSSR count). The lowest BCUT2D eigenvalue weighted by Gasteiger charge is -2.26. The van der Waals surface area contributed by atoms with Crippen LogP contribution in [0.2, 0.25) is 0 Å². The van der Waals surface area contributed by atoms with Crippen molar-refractivity contribution in [2.45, 2.75) is 13.3 Å². The van der Waals surface area contributed by atoms with E-state index in [0.29, 0.717) is 12.2 Å². The number of nitrogens with two attached hydrogens (primary N) is 1. The molecule has 4 nitrogen and oxygen atoms in total.